The predicted octanol–water partition coefficient (Wildman–Crippen LogP) is 2.54. The third kappa shape index (κ3) is 3.05. The fourth-order valence-corrected chi connectivity index (χ4v) is 2.69. The van der Waals surface area contributed by atoms with Crippen molar-refractivity contribution in [3.05, 3.63) is 59.9 Å². The van der Waals surface area contributed by atoms with Crippen LogP contribution in [-0.4, -0.2) is 17.4 Å². The molecule has 0 aliphatic carbocycles. The number of carbonyl (C=O) groups is 1. The van der Waals surface area contributed by atoms with Crippen LogP contribution >= 0.6 is 0 Å². The van der Waals surface area contributed by atoms with E-state index in [2.05, 4.69) is 27.8 Å². The van der Waals surface area contributed by atoms with Gasteiger partial charge in [-0.3, -0.25) is 9.78 Å². The van der Waals surface area contributed by atoms with Crippen LogP contribution in [0.3, 0.4) is 0 Å². The van der Waals surface area contributed by atoms with Gasteiger partial charge in [0.2, 0.25) is 5.91 Å². The van der Waals surface area contributed by atoms with E-state index >= 15 is 0 Å². The minimum absolute atomic E-state index is 0.00216. The first-order valence-electron chi connectivity index (χ1n) is 7.26. The highest BCUT2D eigenvalue weighted by Gasteiger charge is 2.25. The summed E-state index contributed by atoms with van der Waals surface area (Å²) >= 11 is 0. The zero-order chi connectivity index (χ0) is 14.7. The third-order valence-electron chi connectivity index (χ3n) is 3.96. The van der Waals surface area contributed by atoms with E-state index in [1.807, 2.05) is 31.2 Å². The van der Waals surface area contributed by atoms with Crippen LogP contribution in [0.4, 0.5) is 5.69 Å². The number of hydrogen-bond acceptors (Lipinski definition) is 3. The number of nitrogens with zero attached hydrogens (tertiary/aromatic N) is 1. The Morgan fingerprint density at radius 1 is 1.29 bits per heavy atom. The highest BCUT2D eigenvalue weighted by atomic mass is 16.2. The number of amides is 1. The number of rotatable bonds is 3. The van der Waals surface area contributed by atoms with Crippen molar-refractivity contribution in [2.45, 2.75) is 19.4 Å². The average Bonchev–Trinajstić information content (AvgIpc) is 2.55. The van der Waals surface area contributed by atoms with Gasteiger partial charge in [-0.1, -0.05) is 18.2 Å². The monoisotopic (exact) mass is 281 g/mol. The van der Waals surface area contributed by atoms with Crippen LogP contribution in [0.15, 0.2) is 48.8 Å². The molecule has 2 heterocycles. The normalized spacial score (nSPS) is 18.2. The summed E-state index contributed by atoms with van der Waals surface area (Å²) in [5.74, 6) is 0.0745. The van der Waals surface area contributed by atoms with Gasteiger partial charge in [-0.25, -0.2) is 0 Å². The van der Waals surface area contributed by atoms with Gasteiger partial charge >= 0.3 is 0 Å². The zero-order valence-electron chi connectivity index (χ0n) is 12.0. The van der Waals surface area contributed by atoms with E-state index in [0.29, 0.717) is 6.54 Å². The Morgan fingerprint density at radius 3 is 2.86 bits per heavy atom. The highest BCUT2D eigenvalue weighted by molar-refractivity contribution is 5.81. The van der Waals surface area contributed by atoms with E-state index in [4.69, 9.17) is 0 Å². The molecule has 0 saturated heterocycles. The zero-order valence-corrected chi connectivity index (χ0v) is 12.0. The smallest absolute Gasteiger partial charge is 0.225 e. The molecule has 108 valence electrons. The summed E-state index contributed by atoms with van der Waals surface area (Å²) in [6, 6.07) is 12.0. The molecule has 0 radical (unpaired) electrons. The molecule has 1 aromatic carbocycles. The van der Waals surface area contributed by atoms with Gasteiger partial charge in [-0.15, -0.1) is 0 Å². The number of aromatic nitrogens is 1. The maximum absolute atomic E-state index is 12.4. The number of hydrogen-bond donors (Lipinski definition) is 2. The third-order valence-corrected chi connectivity index (χ3v) is 3.96. The molecule has 0 saturated carbocycles. The van der Waals surface area contributed by atoms with E-state index < -0.39 is 0 Å². The first-order chi connectivity index (χ1) is 10.2. The number of carbonyl (C=O) groups excluding carboxylic acids is 1. The maximum atomic E-state index is 12.4. The molecule has 0 bridgehead atoms. The molecule has 4 heteroatoms. The number of anilines is 1. The molecule has 2 atom stereocenters. The highest BCUT2D eigenvalue weighted by Crippen LogP contribution is 2.24. The first-order valence-corrected chi connectivity index (χ1v) is 7.26. The summed E-state index contributed by atoms with van der Waals surface area (Å²) in [5.41, 5.74) is 3.42. The molecule has 1 unspecified atom stereocenters. The summed E-state index contributed by atoms with van der Waals surface area (Å²) < 4.78 is 0. The molecule has 2 aromatic rings. The van der Waals surface area contributed by atoms with Crippen molar-refractivity contribution < 1.29 is 4.79 Å². The van der Waals surface area contributed by atoms with Gasteiger partial charge in [0.15, 0.2) is 0 Å². The molecule has 1 aliphatic heterocycles. The van der Waals surface area contributed by atoms with E-state index in [9.17, 15) is 4.79 Å². The number of para-hydroxylation sites is 1. The minimum Gasteiger partial charge on any atom is -0.384 e. The number of nitrogens with one attached hydrogen (secondary N) is 2. The van der Waals surface area contributed by atoms with Gasteiger partial charge in [0.1, 0.15) is 0 Å². The van der Waals surface area contributed by atoms with Crippen molar-refractivity contribution in [3.63, 3.8) is 0 Å². The van der Waals surface area contributed by atoms with Gasteiger partial charge in [-0.2, -0.15) is 0 Å². The Bertz CT molecular complexity index is 627. The molecule has 0 spiro atoms. The Balaban J connectivity index is 1.65. The summed E-state index contributed by atoms with van der Waals surface area (Å²) in [6.45, 7) is 2.68. The molecule has 0 fully saturated rings. The minimum atomic E-state index is -0.0239. The van der Waals surface area contributed by atoms with Crippen molar-refractivity contribution in [1.82, 2.24) is 10.3 Å². The summed E-state index contributed by atoms with van der Waals surface area (Å²) in [7, 11) is 0. The predicted molar refractivity (Wildman–Crippen MR) is 82.9 cm³/mol. The standard InChI is InChI=1S/C17H19N3O/c1-12(13-6-8-18-9-7-13)20-17(21)15-10-14-4-2-3-5-16(14)19-11-15/h2-9,12,15,19H,10-11H2,1H3,(H,20,21)/t12-,15?/m0/s1. The number of fused-ring (bicyclic) bond motifs is 1. The Kier molecular flexibility index (Phi) is 3.86. The second kappa shape index (κ2) is 5.95. The fraction of sp³-hybridized carbons (Fsp3) is 0.294. The Hall–Kier alpha value is -2.36. The van der Waals surface area contributed by atoms with Crippen molar-refractivity contribution in [2.24, 2.45) is 5.92 Å². The van der Waals surface area contributed by atoms with Gasteiger partial charge in [0.05, 0.1) is 12.0 Å². The van der Waals surface area contributed by atoms with Crippen molar-refractivity contribution in [3.8, 4) is 0 Å². The average molecular weight is 281 g/mol. The van der Waals surface area contributed by atoms with Crippen LogP contribution in [0.25, 0.3) is 0 Å². The molecule has 1 aliphatic rings. The molecule has 21 heavy (non-hydrogen) atoms. The van der Waals surface area contributed by atoms with Crippen molar-refractivity contribution >= 4 is 11.6 Å². The van der Waals surface area contributed by atoms with E-state index in [0.717, 1.165) is 17.7 Å². The maximum Gasteiger partial charge on any atom is 0.225 e. The lowest BCUT2D eigenvalue weighted by Gasteiger charge is -2.26. The first kappa shape index (κ1) is 13.6. The largest absolute Gasteiger partial charge is 0.384 e. The van der Waals surface area contributed by atoms with Crippen molar-refractivity contribution in [1.29, 1.82) is 0 Å². The lowest BCUT2D eigenvalue weighted by atomic mass is 9.93. The van der Waals surface area contributed by atoms with Crippen LogP contribution in [-0.2, 0) is 11.2 Å². The van der Waals surface area contributed by atoms with Crippen LogP contribution in [0, 0.1) is 5.92 Å². The summed E-state index contributed by atoms with van der Waals surface area (Å²) in [4.78, 5) is 16.4. The topological polar surface area (TPSA) is 54.0 Å². The van der Waals surface area contributed by atoms with Gasteiger partial charge in [0, 0.05) is 24.6 Å². The lowest BCUT2D eigenvalue weighted by molar-refractivity contribution is -0.125. The second-order valence-electron chi connectivity index (χ2n) is 5.45. The lowest BCUT2D eigenvalue weighted by Crippen LogP contribution is -2.39. The van der Waals surface area contributed by atoms with E-state index in [-0.39, 0.29) is 17.9 Å². The summed E-state index contributed by atoms with van der Waals surface area (Å²) in [5, 5.41) is 6.43. The molecule has 4 nitrogen and oxygen atoms in total. The van der Waals surface area contributed by atoms with Gasteiger partial charge in [0.25, 0.3) is 0 Å². The van der Waals surface area contributed by atoms with Crippen LogP contribution in [0.2, 0.25) is 0 Å². The van der Waals surface area contributed by atoms with Crippen molar-refractivity contribution in [2.75, 3.05) is 11.9 Å². The quantitative estimate of drug-likeness (QED) is 0.909. The molecule has 1 aromatic heterocycles. The molecular weight excluding hydrogens is 262 g/mol. The van der Waals surface area contributed by atoms with E-state index in [1.54, 1.807) is 12.4 Å². The van der Waals surface area contributed by atoms with Crippen LogP contribution in [0.5, 0.6) is 0 Å². The molecule has 2 N–H and O–H groups in total. The second-order valence-corrected chi connectivity index (χ2v) is 5.45. The SMILES string of the molecule is C[C@H](NC(=O)C1CNc2ccccc2C1)c1ccncc1. The van der Waals surface area contributed by atoms with Crippen LogP contribution < -0.4 is 10.6 Å². The number of pyridine rings is 1. The molecular formula is C17H19N3O. The molecule has 3 rings (SSSR count). The summed E-state index contributed by atoms with van der Waals surface area (Å²) in [6.07, 6.45) is 4.28. The van der Waals surface area contributed by atoms with E-state index in [1.165, 1.54) is 5.56 Å². The Morgan fingerprint density at radius 2 is 2.05 bits per heavy atom. The van der Waals surface area contributed by atoms with Gasteiger partial charge in [-0.05, 0) is 42.7 Å². The van der Waals surface area contributed by atoms with Gasteiger partial charge < -0.3 is 10.6 Å². The van der Waals surface area contributed by atoms with Crippen LogP contribution in [0.1, 0.15) is 24.1 Å². The number of benzene rings is 1. The fourth-order valence-electron chi connectivity index (χ4n) is 2.69. The molecule has 1 amide bonds. The Labute approximate surface area is 124 Å².